The van der Waals surface area contributed by atoms with Gasteiger partial charge in [-0.2, -0.15) is 0 Å². The fraction of sp³-hybridized carbons (Fsp3) is 0.143. The van der Waals surface area contributed by atoms with Gasteiger partial charge in [-0.25, -0.2) is 0 Å². The van der Waals surface area contributed by atoms with E-state index < -0.39 is 4.92 Å². The van der Waals surface area contributed by atoms with Gasteiger partial charge in [0.05, 0.1) is 4.92 Å². The summed E-state index contributed by atoms with van der Waals surface area (Å²) >= 11 is 0. The highest BCUT2D eigenvalue weighted by Gasteiger charge is 2.21. The third-order valence-corrected chi connectivity index (χ3v) is 2.52. The van der Waals surface area contributed by atoms with Crippen molar-refractivity contribution >= 4 is 11.4 Å². The zero-order valence-electron chi connectivity index (χ0n) is 10.5. The summed E-state index contributed by atoms with van der Waals surface area (Å²) in [6, 6.07) is 14.0. The minimum Gasteiger partial charge on any atom is -0.450 e. The van der Waals surface area contributed by atoms with Crippen molar-refractivity contribution in [3.05, 3.63) is 58.6 Å². The van der Waals surface area contributed by atoms with E-state index in [4.69, 9.17) is 4.74 Å². The van der Waals surface area contributed by atoms with Gasteiger partial charge in [-0.1, -0.05) is 24.3 Å². The molecule has 0 radical (unpaired) electrons. The van der Waals surface area contributed by atoms with Crippen molar-refractivity contribution < 1.29 is 9.66 Å². The second-order valence-electron chi connectivity index (χ2n) is 3.85. The molecule has 98 valence electrons. The summed E-state index contributed by atoms with van der Waals surface area (Å²) in [4.78, 5) is 10.8. The second kappa shape index (κ2) is 5.86. The van der Waals surface area contributed by atoms with E-state index in [1.54, 1.807) is 30.3 Å². The monoisotopic (exact) mass is 258 g/mol. The molecule has 0 aliphatic heterocycles. The minimum atomic E-state index is -0.434. The number of hydrogen-bond donors (Lipinski definition) is 1. The Labute approximate surface area is 111 Å². The van der Waals surface area contributed by atoms with Crippen LogP contribution < -0.4 is 10.1 Å². The molecule has 0 aliphatic rings. The quantitative estimate of drug-likeness (QED) is 0.654. The Morgan fingerprint density at radius 2 is 1.89 bits per heavy atom. The Bertz CT molecular complexity index is 570. The first kappa shape index (κ1) is 12.9. The Kier molecular flexibility index (Phi) is 3.97. The van der Waals surface area contributed by atoms with Crippen LogP contribution in [-0.4, -0.2) is 11.5 Å². The number of ether oxygens (including phenoxy) is 1. The largest absolute Gasteiger partial charge is 0.450 e. The number of nitrogens with zero attached hydrogens (tertiary/aromatic N) is 1. The molecule has 0 aliphatic carbocycles. The van der Waals surface area contributed by atoms with Gasteiger partial charge in [0.25, 0.3) is 0 Å². The van der Waals surface area contributed by atoms with E-state index in [1.807, 2.05) is 25.1 Å². The van der Waals surface area contributed by atoms with Crippen LogP contribution in [0.3, 0.4) is 0 Å². The highest BCUT2D eigenvalue weighted by molar-refractivity contribution is 5.68. The first-order valence-corrected chi connectivity index (χ1v) is 5.96. The fourth-order valence-electron chi connectivity index (χ4n) is 1.74. The lowest BCUT2D eigenvalue weighted by molar-refractivity contribution is -0.384. The lowest BCUT2D eigenvalue weighted by Gasteiger charge is -2.09. The molecule has 5 nitrogen and oxygen atoms in total. The summed E-state index contributed by atoms with van der Waals surface area (Å²) in [6.45, 7) is 2.49. The zero-order chi connectivity index (χ0) is 13.7. The summed E-state index contributed by atoms with van der Waals surface area (Å²) in [7, 11) is 0. The number of anilines is 1. The predicted octanol–water partition coefficient (Wildman–Crippen LogP) is 3.82. The van der Waals surface area contributed by atoms with Crippen molar-refractivity contribution in [3.63, 3.8) is 0 Å². The molecule has 0 atom stereocenters. The molecular weight excluding hydrogens is 244 g/mol. The minimum absolute atomic E-state index is 0.0480. The van der Waals surface area contributed by atoms with E-state index in [2.05, 4.69) is 5.32 Å². The molecule has 0 saturated heterocycles. The molecule has 0 aromatic heterocycles. The topological polar surface area (TPSA) is 64.4 Å². The first-order valence-electron chi connectivity index (χ1n) is 5.96. The van der Waals surface area contributed by atoms with Gasteiger partial charge < -0.3 is 10.1 Å². The summed E-state index contributed by atoms with van der Waals surface area (Å²) in [5.41, 5.74) is 0.411. The van der Waals surface area contributed by atoms with Crippen LogP contribution in [0.4, 0.5) is 11.4 Å². The number of nitro groups is 1. The predicted molar refractivity (Wildman–Crippen MR) is 73.8 cm³/mol. The molecule has 0 spiro atoms. The van der Waals surface area contributed by atoms with E-state index in [0.717, 1.165) is 0 Å². The van der Waals surface area contributed by atoms with Crippen LogP contribution in [0.1, 0.15) is 6.92 Å². The normalized spacial score (nSPS) is 9.95. The summed E-state index contributed by atoms with van der Waals surface area (Å²) in [5.74, 6) is 0.800. The van der Waals surface area contributed by atoms with E-state index in [9.17, 15) is 10.1 Å². The first-order chi connectivity index (χ1) is 9.22. The van der Waals surface area contributed by atoms with Gasteiger partial charge in [-0.15, -0.1) is 0 Å². The number of rotatable bonds is 5. The third kappa shape index (κ3) is 3.01. The van der Waals surface area contributed by atoms with Crippen LogP contribution in [0.5, 0.6) is 11.5 Å². The molecule has 2 rings (SSSR count). The maximum Gasteiger partial charge on any atom is 0.334 e. The number of nitro benzene ring substituents is 1. The molecular formula is C14H14N2O3. The van der Waals surface area contributed by atoms with Crippen molar-refractivity contribution in [1.82, 2.24) is 0 Å². The van der Waals surface area contributed by atoms with Crippen LogP contribution in [0.25, 0.3) is 0 Å². The standard InChI is InChI=1S/C14H14N2O3/c1-2-15-12-9-6-10-13(14(12)16(17)18)19-11-7-4-3-5-8-11/h3-10,15H,2H2,1H3. The maximum absolute atomic E-state index is 11.2. The molecule has 2 aromatic carbocycles. The highest BCUT2D eigenvalue weighted by Crippen LogP contribution is 2.37. The van der Waals surface area contributed by atoms with Crippen molar-refractivity contribution in [2.24, 2.45) is 0 Å². The molecule has 0 saturated carbocycles. The van der Waals surface area contributed by atoms with Gasteiger partial charge in [0.2, 0.25) is 5.75 Å². The second-order valence-corrected chi connectivity index (χ2v) is 3.85. The van der Waals surface area contributed by atoms with E-state index in [-0.39, 0.29) is 11.4 Å². The molecule has 0 unspecified atom stereocenters. The van der Waals surface area contributed by atoms with E-state index in [1.165, 1.54) is 0 Å². The fourth-order valence-corrected chi connectivity index (χ4v) is 1.74. The van der Waals surface area contributed by atoms with Crippen molar-refractivity contribution in [1.29, 1.82) is 0 Å². The van der Waals surface area contributed by atoms with Gasteiger partial charge in [0.15, 0.2) is 0 Å². The van der Waals surface area contributed by atoms with Crippen molar-refractivity contribution in [2.45, 2.75) is 6.92 Å². The van der Waals surface area contributed by atoms with Gasteiger partial charge >= 0.3 is 5.69 Å². The summed E-state index contributed by atoms with van der Waals surface area (Å²) in [6.07, 6.45) is 0. The van der Waals surface area contributed by atoms with Gasteiger partial charge in [-0.05, 0) is 31.2 Å². The summed E-state index contributed by atoms with van der Waals surface area (Å²) in [5, 5.41) is 14.2. The number of benzene rings is 2. The van der Waals surface area contributed by atoms with Crippen LogP contribution in [-0.2, 0) is 0 Å². The molecule has 19 heavy (non-hydrogen) atoms. The van der Waals surface area contributed by atoms with Crippen molar-refractivity contribution in [3.8, 4) is 11.5 Å². The Morgan fingerprint density at radius 3 is 2.53 bits per heavy atom. The smallest absolute Gasteiger partial charge is 0.334 e. The average Bonchev–Trinajstić information content (AvgIpc) is 2.40. The van der Waals surface area contributed by atoms with Gasteiger partial charge in [0, 0.05) is 6.54 Å². The Morgan fingerprint density at radius 1 is 1.16 bits per heavy atom. The van der Waals surface area contributed by atoms with E-state index >= 15 is 0 Å². The van der Waals surface area contributed by atoms with Crippen LogP contribution in [0.15, 0.2) is 48.5 Å². The number of para-hydroxylation sites is 2. The molecule has 0 fully saturated rings. The van der Waals surface area contributed by atoms with Crippen LogP contribution in [0.2, 0.25) is 0 Å². The molecule has 1 N–H and O–H groups in total. The molecule has 0 heterocycles. The molecule has 0 bridgehead atoms. The molecule has 5 heteroatoms. The van der Waals surface area contributed by atoms with Crippen LogP contribution >= 0.6 is 0 Å². The zero-order valence-corrected chi connectivity index (χ0v) is 10.5. The third-order valence-electron chi connectivity index (χ3n) is 2.52. The van der Waals surface area contributed by atoms with Gasteiger partial charge in [-0.3, -0.25) is 10.1 Å². The highest BCUT2D eigenvalue weighted by atomic mass is 16.6. The van der Waals surface area contributed by atoms with Crippen LogP contribution in [0, 0.1) is 10.1 Å². The van der Waals surface area contributed by atoms with E-state index in [0.29, 0.717) is 18.0 Å². The molecule has 0 amide bonds. The number of nitrogens with one attached hydrogen (secondary N) is 1. The van der Waals surface area contributed by atoms with Gasteiger partial charge in [0.1, 0.15) is 11.4 Å². The Hall–Kier alpha value is -2.56. The Balaban J connectivity index is 2.39. The number of hydrogen-bond acceptors (Lipinski definition) is 4. The molecule has 2 aromatic rings. The lowest BCUT2D eigenvalue weighted by Crippen LogP contribution is -2.02. The lowest BCUT2D eigenvalue weighted by atomic mass is 10.2. The maximum atomic E-state index is 11.2. The van der Waals surface area contributed by atoms with Crippen molar-refractivity contribution in [2.75, 3.05) is 11.9 Å². The SMILES string of the molecule is CCNc1cccc(Oc2ccccc2)c1[N+](=O)[O-]. The average molecular weight is 258 g/mol. The summed E-state index contributed by atoms with van der Waals surface area (Å²) < 4.78 is 5.58.